The lowest BCUT2D eigenvalue weighted by Crippen LogP contribution is -2.56. The first kappa shape index (κ1) is 17.0. The number of amides is 3. The summed E-state index contributed by atoms with van der Waals surface area (Å²) in [6, 6.07) is -0.307. The number of carbonyl (C=O) groups excluding carboxylic acids is 3. The molecule has 4 aliphatic rings. The van der Waals surface area contributed by atoms with E-state index in [-0.39, 0.29) is 29.6 Å². The second-order valence-electron chi connectivity index (χ2n) is 8.51. The number of nitrogens with zero attached hydrogens (tertiary/aromatic N) is 2. The summed E-state index contributed by atoms with van der Waals surface area (Å²) in [5, 5.41) is 0. The van der Waals surface area contributed by atoms with Crippen LogP contribution in [0.15, 0.2) is 0 Å². The molecule has 4 fully saturated rings. The van der Waals surface area contributed by atoms with Crippen molar-refractivity contribution in [3.8, 4) is 0 Å². The second kappa shape index (κ2) is 6.73. The lowest BCUT2D eigenvalue weighted by Gasteiger charge is -2.45. The van der Waals surface area contributed by atoms with Crippen molar-refractivity contribution in [1.29, 1.82) is 0 Å². The highest BCUT2D eigenvalue weighted by atomic mass is 16.2. The molecule has 3 amide bonds. The molecule has 0 aromatic heterocycles. The topological polar surface area (TPSA) is 57.7 Å². The van der Waals surface area contributed by atoms with Gasteiger partial charge < -0.3 is 4.90 Å². The number of fused-ring (bicyclic) bond motifs is 2. The van der Waals surface area contributed by atoms with Crippen LogP contribution in [-0.2, 0) is 14.4 Å². The van der Waals surface area contributed by atoms with Crippen molar-refractivity contribution in [3.05, 3.63) is 0 Å². The number of likely N-dealkylation sites (tertiary alicyclic amines) is 2. The summed E-state index contributed by atoms with van der Waals surface area (Å²) in [6.45, 7) is 2.55. The fourth-order valence-corrected chi connectivity index (χ4v) is 5.82. The Labute approximate surface area is 150 Å². The van der Waals surface area contributed by atoms with Gasteiger partial charge in [0.15, 0.2) is 0 Å². The van der Waals surface area contributed by atoms with Gasteiger partial charge in [-0.05, 0) is 51.4 Å². The summed E-state index contributed by atoms with van der Waals surface area (Å²) in [5.74, 6) is 0.101. The third-order valence-electron chi connectivity index (χ3n) is 7.15. The van der Waals surface area contributed by atoms with Crippen molar-refractivity contribution in [3.63, 3.8) is 0 Å². The van der Waals surface area contributed by atoms with Crippen molar-refractivity contribution in [2.45, 2.75) is 83.2 Å². The van der Waals surface area contributed by atoms with E-state index in [0.29, 0.717) is 12.0 Å². The summed E-state index contributed by atoms with van der Waals surface area (Å²) in [6.07, 6.45) is 10.7. The largest absolute Gasteiger partial charge is 0.338 e. The average molecular weight is 346 g/mol. The molecule has 2 aliphatic carbocycles. The number of piperidine rings is 1. The van der Waals surface area contributed by atoms with E-state index in [2.05, 4.69) is 0 Å². The lowest BCUT2D eigenvalue weighted by molar-refractivity contribution is -0.154. The van der Waals surface area contributed by atoms with Gasteiger partial charge in [-0.1, -0.05) is 25.7 Å². The van der Waals surface area contributed by atoms with Gasteiger partial charge in [0.2, 0.25) is 17.7 Å². The normalized spacial score (nSPS) is 36.8. The van der Waals surface area contributed by atoms with Crippen LogP contribution in [-0.4, -0.2) is 46.1 Å². The minimum atomic E-state index is -0.633. The van der Waals surface area contributed by atoms with Crippen LogP contribution in [0.5, 0.6) is 0 Å². The molecule has 4 rings (SSSR count). The van der Waals surface area contributed by atoms with Gasteiger partial charge >= 0.3 is 0 Å². The Morgan fingerprint density at radius 1 is 0.880 bits per heavy atom. The Morgan fingerprint density at radius 2 is 1.44 bits per heavy atom. The number of carbonyl (C=O) groups is 3. The van der Waals surface area contributed by atoms with Gasteiger partial charge in [-0.25, -0.2) is 0 Å². The van der Waals surface area contributed by atoms with Crippen molar-refractivity contribution in [2.24, 2.45) is 17.8 Å². The molecule has 0 aromatic rings. The van der Waals surface area contributed by atoms with Gasteiger partial charge in [0.05, 0.1) is 11.8 Å². The molecule has 0 aromatic carbocycles. The fourth-order valence-electron chi connectivity index (χ4n) is 5.82. The molecular weight excluding hydrogens is 316 g/mol. The molecule has 2 saturated carbocycles. The zero-order chi connectivity index (χ0) is 17.6. The number of imide groups is 1. The Bertz CT molecular complexity index is 549. The predicted molar refractivity (Wildman–Crippen MR) is 93.5 cm³/mol. The maximum atomic E-state index is 13.2. The van der Waals surface area contributed by atoms with Crippen molar-refractivity contribution in [1.82, 2.24) is 9.80 Å². The van der Waals surface area contributed by atoms with Gasteiger partial charge in [0, 0.05) is 12.6 Å². The molecule has 2 heterocycles. The molecule has 25 heavy (non-hydrogen) atoms. The monoisotopic (exact) mass is 346 g/mol. The SMILES string of the molecule is C[C@H](C(=O)N1CCC[C@@H]2CCCC[C@@H]21)N1C(=O)[C@H]2CCCC[C@H]2C1=O. The molecule has 5 atom stereocenters. The Kier molecular flexibility index (Phi) is 4.59. The first-order valence-electron chi connectivity index (χ1n) is 10.3. The molecule has 0 radical (unpaired) electrons. The number of hydrogen-bond acceptors (Lipinski definition) is 3. The molecular formula is C20H30N2O3. The van der Waals surface area contributed by atoms with Gasteiger partial charge in [0.1, 0.15) is 6.04 Å². The van der Waals surface area contributed by atoms with Gasteiger partial charge in [0.25, 0.3) is 0 Å². The van der Waals surface area contributed by atoms with Crippen LogP contribution < -0.4 is 0 Å². The summed E-state index contributed by atoms with van der Waals surface area (Å²) < 4.78 is 0. The van der Waals surface area contributed by atoms with E-state index >= 15 is 0 Å². The second-order valence-corrected chi connectivity index (χ2v) is 8.51. The molecule has 0 unspecified atom stereocenters. The lowest BCUT2D eigenvalue weighted by atomic mass is 9.78. The van der Waals surface area contributed by atoms with Gasteiger partial charge in [-0.15, -0.1) is 0 Å². The first-order valence-corrected chi connectivity index (χ1v) is 10.3. The maximum Gasteiger partial charge on any atom is 0.245 e. The van der Waals surface area contributed by atoms with E-state index in [1.165, 1.54) is 30.6 Å². The quantitative estimate of drug-likeness (QED) is 0.723. The summed E-state index contributed by atoms with van der Waals surface area (Å²) >= 11 is 0. The molecule has 138 valence electrons. The summed E-state index contributed by atoms with van der Waals surface area (Å²) in [5.41, 5.74) is 0. The standard InChI is InChI=1S/C20H30N2O3/c1-13(22-19(24)15-9-3-4-10-16(15)20(22)25)18(23)21-12-6-8-14-7-2-5-11-17(14)21/h13-17H,2-12H2,1H3/t13-,14+,15-,16+,17+/m1/s1. The van der Waals surface area contributed by atoms with Crippen LogP contribution in [0.3, 0.4) is 0 Å². The van der Waals surface area contributed by atoms with E-state index in [1.54, 1.807) is 6.92 Å². The summed E-state index contributed by atoms with van der Waals surface area (Å²) in [4.78, 5) is 42.2. The van der Waals surface area contributed by atoms with E-state index < -0.39 is 6.04 Å². The highest BCUT2D eigenvalue weighted by Gasteiger charge is 2.51. The Balaban J connectivity index is 1.51. The van der Waals surface area contributed by atoms with Crippen molar-refractivity contribution >= 4 is 17.7 Å². The van der Waals surface area contributed by atoms with Crippen molar-refractivity contribution < 1.29 is 14.4 Å². The molecule has 0 bridgehead atoms. The molecule has 0 spiro atoms. The van der Waals surface area contributed by atoms with Crippen molar-refractivity contribution in [2.75, 3.05) is 6.54 Å². The third-order valence-corrected chi connectivity index (χ3v) is 7.15. The smallest absolute Gasteiger partial charge is 0.245 e. The Morgan fingerprint density at radius 3 is 2.12 bits per heavy atom. The number of rotatable bonds is 2. The van der Waals surface area contributed by atoms with Crippen LogP contribution in [0.2, 0.25) is 0 Å². The highest BCUT2D eigenvalue weighted by Crippen LogP contribution is 2.40. The van der Waals surface area contributed by atoms with Crippen LogP contribution in [0.25, 0.3) is 0 Å². The van der Waals surface area contributed by atoms with Crippen LogP contribution in [0, 0.1) is 17.8 Å². The zero-order valence-electron chi connectivity index (χ0n) is 15.3. The average Bonchev–Trinajstić information content (AvgIpc) is 2.91. The van der Waals surface area contributed by atoms with Crippen LogP contribution in [0.4, 0.5) is 0 Å². The van der Waals surface area contributed by atoms with E-state index in [9.17, 15) is 14.4 Å². The maximum absolute atomic E-state index is 13.2. The highest BCUT2D eigenvalue weighted by molar-refractivity contribution is 6.08. The van der Waals surface area contributed by atoms with Crippen LogP contribution in [0.1, 0.15) is 71.1 Å². The first-order chi connectivity index (χ1) is 12.1. The van der Waals surface area contributed by atoms with Gasteiger partial charge in [-0.2, -0.15) is 0 Å². The molecule has 2 saturated heterocycles. The minimum Gasteiger partial charge on any atom is -0.338 e. The molecule has 0 N–H and O–H groups in total. The van der Waals surface area contributed by atoms with E-state index in [4.69, 9.17) is 0 Å². The van der Waals surface area contributed by atoms with Crippen LogP contribution >= 0.6 is 0 Å². The van der Waals surface area contributed by atoms with E-state index in [1.807, 2.05) is 4.90 Å². The molecule has 5 nitrogen and oxygen atoms in total. The van der Waals surface area contributed by atoms with E-state index in [0.717, 1.165) is 45.1 Å². The third kappa shape index (κ3) is 2.80. The number of hydrogen-bond donors (Lipinski definition) is 0. The molecule has 5 heteroatoms. The minimum absolute atomic E-state index is 0.00283. The Hall–Kier alpha value is -1.39. The zero-order valence-corrected chi connectivity index (χ0v) is 15.3. The molecule has 2 aliphatic heterocycles. The van der Waals surface area contributed by atoms with Gasteiger partial charge in [-0.3, -0.25) is 19.3 Å². The fraction of sp³-hybridized carbons (Fsp3) is 0.850. The predicted octanol–water partition coefficient (Wildman–Crippen LogP) is 2.73. The summed E-state index contributed by atoms with van der Waals surface area (Å²) in [7, 11) is 0.